The first kappa shape index (κ1) is 19.4. The van der Waals surface area contributed by atoms with Gasteiger partial charge in [-0.3, -0.25) is 9.59 Å². The van der Waals surface area contributed by atoms with Crippen molar-refractivity contribution in [3.8, 4) is 5.75 Å². The van der Waals surface area contributed by atoms with Gasteiger partial charge in [0.25, 0.3) is 11.8 Å². The van der Waals surface area contributed by atoms with Crippen molar-refractivity contribution in [2.75, 3.05) is 25.0 Å². The predicted octanol–water partition coefficient (Wildman–Crippen LogP) is 4.73. The zero-order valence-corrected chi connectivity index (χ0v) is 16.9. The van der Waals surface area contributed by atoms with Crippen molar-refractivity contribution in [1.29, 1.82) is 0 Å². The molecule has 1 aliphatic rings. The normalized spacial score (nSPS) is 13.9. The Kier molecular flexibility index (Phi) is 6.50. The Morgan fingerprint density at radius 1 is 1.11 bits per heavy atom. The molecule has 0 spiro atoms. The first-order chi connectivity index (χ1) is 13.1. The van der Waals surface area contributed by atoms with Crippen LogP contribution < -0.4 is 10.1 Å². The molecule has 1 saturated heterocycles. The number of benzene rings is 2. The molecule has 1 aliphatic heterocycles. The molecular formula is C21H23BrN2O3. The van der Waals surface area contributed by atoms with Crippen LogP contribution in [0.4, 0.5) is 5.69 Å². The molecule has 2 aromatic carbocycles. The molecule has 0 radical (unpaired) electrons. The van der Waals surface area contributed by atoms with Crippen LogP contribution in [0.3, 0.4) is 0 Å². The van der Waals surface area contributed by atoms with E-state index in [1.165, 1.54) is 6.42 Å². The molecule has 2 amide bonds. The molecule has 0 atom stereocenters. The SMILES string of the molecule is CCOc1ccc(Br)cc1C(=O)Nc1cccc(C(=O)N2CCCCC2)c1. The van der Waals surface area contributed by atoms with Crippen molar-refractivity contribution in [3.05, 3.63) is 58.1 Å². The highest BCUT2D eigenvalue weighted by Gasteiger charge is 2.19. The third-order valence-electron chi connectivity index (χ3n) is 4.50. The van der Waals surface area contributed by atoms with E-state index in [0.717, 1.165) is 30.4 Å². The van der Waals surface area contributed by atoms with E-state index in [9.17, 15) is 9.59 Å². The van der Waals surface area contributed by atoms with E-state index in [0.29, 0.717) is 29.2 Å². The van der Waals surface area contributed by atoms with Gasteiger partial charge in [0.2, 0.25) is 0 Å². The summed E-state index contributed by atoms with van der Waals surface area (Å²) >= 11 is 3.39. The molecule has 5 nitrogen and oxygen atoms in total. The number of likely N-dealkylation sites (tertiary alicyclic amines) is 1. The van der Waals surface area contributed by atoms with Crippen molar-refractivity contribution in [1.82, 2.24) is 4.90 Å². The molecule has 1 heterocycles. The van der Waals surface area contributed by atoms with E-state index in [-0.39, 0.29) is 11.8 Å². The van der Waals surface area contributed by atoms with Crippen LogP contribution in [-0.2, 0) is 0 Å². The second-order valence-corrected chi connectivity index (χ2v) is 7.38. The number of carbonyl (C=O) groups is 2. The Morgan fingerprint density at radius 2 is 1.89 bits per heavy atom. The fourth-order valence-electron chi connectivity index (χ4n) is 3.17. The Bertz CT molecular complexity index is 832. The van der Waals surface area contributed by atoms with Crippen LogP contribution in [0.15, 0.2) is 46.9 Å². The van der Waals surface area contributed by atoms with E-state index in [1.54, 1.807) is 36.4 Å². The zero-order chi connectivity index (χ0) is 19.2. The summed E-state index contributed by atoms with van der Waals surface area (Å²) in [6.45, 7) is 3.94. The Labute approximate surface area is 167 Å². The van der Waals surface area contributed by atoms with Crippen molar-refractivity contribution in [3.63, 3.8) is 0 Å². The molecule has 2 aromatic rings. The number of nitrogens with one attached hydrogen (secondary N) is 1. The minimum absolute atomic E-state index is 0.0169. The number of rotatable bonds is 5. The zero-order valence-electron chi connectivity index (χ0n) is 15.3. The van der Waals surface area contributed by atoms with Crippen molar-refractivity contribution in [2.45, 2.75) is 26.2 Å². The quantitative estimate of drug-likeness (QED) is 0.745. The van der Waals surface area contributed by atoms with Gasteiger partial charge in [0, 0.05) is 28.8 Å². The van der Waals surface area contributed by atoms with Gasteiger partial charge in [0.1, 0.15) is 5.75 Å². The Hall–Kier alpha value is -2.34. The predicted molar refractivity (Wildman–Crippen MR) is 109 cm³/mol. The lowest BCUT2D eigenvalue weighted by molar-refractivity contribution is 0.0724. The number of hydrogen-bond donors (Lipinski definition) is 1. The van der Waals surface area contributed by atoms with E-state index in [4.69, 9.17) is 4.74 Å². The molecule has 0 aliphatic carbocycles. The summed E-state index contributed by atoms with van der Waals surface area (Å²) in [4.78, 5) is 27.3. The minimum Gasteiger partial charge on any atom is -0.493 e. The lowest BCUT2D eigenvalue weighted by Crippen LogP contribution is -2.35. The fourth-order valence-corrected chi connectivity index (χ4v) is 3.53. The van der Waals surface area contributed by atoms with Gasteiger partial charge in [0.05, 0.1) is 12.2 Å². The highest BCUT2D eigenvalue weighted by Crippen LogP contribution is 2.25. The molecule has 0 saturated carbocycles. The first-order valence-electron chi connectivity index (χ1n) is 9.21. The smallest absolute Gasteiger partial charge is 0.259 e. The highest BCUT2D eigenvalue weighted by atomic mass is 79.9. The summed E-state index contributed by atoms with van der Waals surface area (Å²) in [5.74, 6) is 0.268. The summed E-state index contributed by atoms with van der Waals surface area (Å²) in [6, 6.07) is 12.4. The van der Waals surface area contributed by atoms with Crippen LogP contribution in [0.25, 0.3) is 0 Å². The third-order valence-corrected chi connectivity index (χ3v) is 4.99. The second kappa shape index (κ2) is 9.04. The van der Waals surface area contributed by atoms with Crippen LogP contribution >= 0.6 is 15.9 Å². The molecule has 3 rings (SSSR count). The molecule has 0 unspecified atom stereocenters. The van der Waals surface area contributed by atoms with Gasteiger partial charge in [0.15, 0.2) is 0 Å². The number of amides is 2. The van der Waals surface area contributed by atoms with Crippen LogP contribution in [0, 0.1) is 0 Å². The van der Waals surface area contributed by atoms with Crippen LogP contribution in [0.1, 0.15) is 46.9 Å². The topological polar surface area (TPSA) is 58.6 Å². The number of hydrogen-bond acceptors (Lipinski definition) is 3. The number of carbonyl (C=O) groups excluding carboxylic acids is 2. The van der Waals surface area contributed by atoms with Crippen LogP contribution in [0.2, 0.25) is 0 Å². The van der Waals surface area contributed by atoms with Gasteiger partial charge in [-0.1, -0.05) is 22.0 Å². The van der Waals surface area contributed by atoms with Gasteiger partial charge in [-0.25, -0.2) is 0 Å². The van der Waals surface area contributed by atoms with Gasteiger partial charge in [-0.2, -0.15) is 0 Å². The Morgan fingerprint density at radius 3 is 2.63 bits per heavy atom. The summed E-state index contributed by atoms with van der Waals surface area (Å²) in [6.07, 6.45) is 3.27. The largest absolute Gasteiger partial charge is 0.493 e. The lowest BCUT2D eigenvalue weighted by Gasteiger charge is -2.26. The lowest BCUT2D eigenvalue weighted by atomic mass is 10.1. The number of piperidine rings is 1. The van der Waals surface area contributed by atoms with E-state index < -0.39 is 0 Å². The monoisotopic (exact) mass is 430 g/mol. The summed E-state index contributed by atoms with van der Waals surface area (Å²) in [5, 5.41) is 2.87. The minimum atomic E-state index is -0.276. The number of ether oxygens (including phenoxy) is 1. The van der Waals surface area contributed by atoms with E-state index >= 15 is 0 Å². The molecule has 27 heavy (non-hydrogen) atoms. The third kappa shape index (κ3) is 4.89. The number of anilines is 1. The Balaban J connectivity index is 1.77. The molecule has 1 N–H and O–H groups in total. The molecule has 0 bridgehead atoms. The second-order valence-electron chi connectivity index (χ2n) is 6.46. The molecular weight excluding hydrogens is 408 g/mol. The van der Waals surface area contributed by atoms with Gasteiger partial charge < -0.3 is 15.0 Å². The van der Waals surface area contributed by atoms with Gasteiger partial charge in [-0.05, 0) is 62.6 Å². The first-order valence-corrected chi connectivity index (χ1v) is 10.0. The van der Waals surface area contributed by atoms with E-state index in [2.05, 4.69) is 21.2 Å². The standard InChI is InChI=1S/C21H23BrN2O3/c1-2-27-19-10-9-16(22)14-18(19)20(25)23-17-8-6-7-15(13-17)21(26)24-11-4-3-5-12-24/h6-10,13-14H,2-5,11-12H2,1H3,(H,23,25). The molecule has 142 valence electrons. The average molecular weight is 431 g/mol. The molecule has 1 fully saturated rings. The number of halogens is 1. The molecule has 0 aromatic heterocycles. The van der Waals surface area contributed by atoms with Crippen molar-refractivity contribution < 1.29 is 14.3 Å². The van der Waals surface area contributed by atoms with Crippen LogP contribution in [-0.4, -0.2) is 36.4 Å². The molecule has 6 heteroatoms. The average Bonchev–Trinajstić information content (AvgIpc) is 2.69. The van der Waals surface area contributed by atoms with E-state index in [1.807, 2.05) is 17.9 Å². The number of nitrogens with zero attached hydrogens (tertiary/aromatic N) is 1. The van der Waals surface area contributed by atoms with Crippen molar-refractivity contribution in [2.24, 2.45) is 0 Å². The van der Waals surface area contributed by atoms with Crippen LogP contribution in [0.5, 0.6) is 5.75 Å². The maximum absolute atomic E-state index is 12.7. The van der Waals surface area contributed by atoms with Gasteiger partial charge in [-0.15, -0.1) is 0 Å². The highest BCUT2D eigenvalue weighted by molar-refractivity contribution is 9.10. The summed E-state index contributed by atoms with van der Waals surface area (Å²) in [5.41, 5.74) is 1.62. The van der Waals surface area contributed by atoms with Gasteiger partial charge >= 0.3 is 0 Å². The summed E-state index contributed by atoms with van der Waals surface area (Å²) < 4.78 is 6.35. The maximum atomic E-state index is 12.7. The maximum Gasteiger partial charge on any atom is 0.259 e. The van der Waals surface area contributed by atoms with Crippen molar-refractivity contribution >= 4 is 33.4 Å². The summed E-state index contributed by atoms with van der Waals surface area (Å²) in [7, 11) is 0. The fraction of sp³-hybridized carbons (Fsp3) is 0.333.